The van der Waals surface area contributed by atoms with Gasteiger partial charge in [0, 0.05) is 17.2 Å². The number of ketones is 1. The summed E-state index contributed by atoms with van der Waals surface area (Å²) in [7, 11) is 3.07. The van der Waals surface area contributed by atoms with Crippen molar-refractivity contribution in [3.05, 3.63) is 59.2 Å². The zero-order valence-corrected chi connectivity index (χ0v) is 19.9. The van der Waals surface area contributed by atoms with Gasteiger partial charge >= 0.3 is 0 Å². The Balaban J connectivity index is 1.86. The number of aliphatic hydroxyl groups excluding tert-OH is 1. The summed E-state index contributed by atoms with van der Waals surface area (Å²) in [5.41, 5.74) is 1.11. The van der Waals surface area contributed by atoms with Gasteiger partial charge in [-0.2, -0.15) is 0 Å². The number of likely N-dealkylation sites (tertiary alicyclic amines) is 1. The second-order valence-electron chi connectivity index (χ2n) is 8.60. The molecular weight excluding hydrogens is 434 g/mol. The standard InChI is InChI=1S/C27H31NO6/c1-4-16-34-19-14-12-17(13-15-19)24(29)22-23(20-10-7-11-21(32-2)26(20)33-3)28(27(31)25(22)30)18-8-5-6-9-18/h7,10-15,18,23,29H,4-6,8-9,16H2,1-3H3/b24-22-. The fourth-order valence-electron chi connectivity index (χ4n) is 4.93. The number of para-hydroxylation sites is 1. The van der Waals surface area contributed by atoms with Gasteiger partial charge in [-0.05, 0) is 49.6 Å². The molecule has 7 nitrogen and oxygen atoms in total. The van der Waals surface area contributed by atoms with Gasteiger partial charge < -0.3 is 24.2 Å². The van der Waals surface area contributed by atoms with Crippen LogP contribution < -0.4 is 14.2 Å². The number of carbonyl (C=O) groups excluding carboxylic acids is 2. The highest BCUT2D eigenvalue weighted by atomic mass is 16.5. The van der Waals surface area contributed by atoms with Crippen LogP contribution in [-0.2, 0) is 9.59 Å². The maximum absolute atomic E-state index is 13.3. The number of benzene rings is 2. The van der Waals surface area contributed by atoms with Crippen LogP contribution in [0.15, 0.2) is 48.0 Å². The fourth-order valence-corrected chi connectivity index (χ4v) is 4.93. The number of amides is 1. The minimum Gasteiger partial charge on any atom is -0.507 e. The Bertz CT molecular complexity index is 1080. The zero-order chi connectivity index (χ0) is 24.2. The molecule has 2 fully saturated rings. The summed E-state index contributed by atoms with van der Waals surface area (Å²) in [5, 5.41) is 11.3. The molecule has 180 valence electrons. The maximum atomic E-state index is 13.3. The maximum Gasteiger partial charge on any atom is 0.295 e. The molecule has 2 aromatic rings. The first-order valence-electron chi connectivity index (χ1n) is 11.8. The van der Waals surface area contributed by atoms with Crippen molar-refractivity contribution in [2.75, 3.05) is 20.8 Å². The highest BCUT2D eigenvalue weighted by Gasteiger charge is 2.50. The van der Waals surface area contributed by atoms with Crippen LogP contribution in [0.1, 0.15) is 56.2 Å². The summed E-state index contributed by atoms with van der Waals surface area (Å²) >= 11 is 0. The lowest BCUT2D eigenvalue weighted by molar-refractivity contribution is -0.141. The van der Waals surface area contributed by atoms with Crippen LogP contribution in [0.25, 0.3) is 5.76 Å². The van der Waals surface area contributed by atoms with Crippen LogP contribution in [0.5, 0.6) is 17.2 Å². The van der Waals surface area contributed by atoms with Crippen molar-refractivity contribution in [3.63, 3.8) is 0 Å². The van der Waals surface area contributed by atoms with E-state index in [0.29, 0.717) is 35.0 Å². The van der Waals surface area contributed by atoms with Gasteiger partial charge in [-0.25, -0.2) is 0 Å². The summed E-state index contributed by atoms with van der Waals surface area (Å²) in [6, 6.07) is 11.4. The van der Waals surface area contributed by atoms with Gasteiger partial charge in [-0.1, -0.05) is 31.9 Å². The van der Waals surface area contributed by atoms with Crippen molar-refractivity contribution in [3.8, 4) is 17.2 Å². The predicted molar refractivity (Wildman–Crippen MR) is 128 cm³/mol. The molecule has 1 N–H and O–H groups in total. The number of hydrogen-bond acceptors (Lipinski definition) is 6. The number of rotatable bonds is 8. The molecule has 2 aliphatic rings. The van der Waals surface area contributed by atoms with E-state index in [9.17, 15) is 14.7 Å². The van der Waals surface area contributed by atoms with Crippen LogP contribution in [0.3, 0.4) is 0 Å². The summed E-state index contributed by atoms with van der Waals surface area (Å²) < 4.78 is 16.8. The number of ether oxygens (including phenoxy) is 3. The predicted octanol–water partition coefficient (Wildman–Crippen LogP) is 4.86. The molecule has 1 unspecified atom stereocenters. The molecule has 1 aliphatic carbocycles. The molecule has 4 rings (SSSR count). The number of carbonyl (C=O) groups is 2. The molecule has 1 aliphatic heterocycles. The largest absolute Gasteiger partial charge is 0.507 e. The summed E-state index contributed by atoms with van der Waals surface area (Å²) in [6.07, 6.45) is 4.51. The van der Waals surface area contributed by atoms with Crippen LogP contribution in [0, 0.1) is 0 Å². The highest BCUT2D eigenvalue weighted by molar-refractivity contribution is 6.46. The van der Waals surface area contributed by atoms with Crippen molar-refractivity contribution in [2.24, 2.45) is 0 Å². The zero-order valence-electron chi connectivity index (χ0n) is 19.9. The van der Waals surface area contributed by atoms with E-state index in [1.54, 1.807) is 41.3 Å². The quantitative estimate of drug-likeness (QED) is 0.341. The van der Waals surface area contributed by atoms with E-state index >= 15 is 0 Å². The molecule has 0 bridgehead atoms. The van der Waals surface area contributed by atoms with Crippen molar-refractivity contribution in [1.29, 1.82) is 0 Å². The van der Waals surface area contributed by atoms with Gasteiger partial charge in [-0.15, -0.1) is 0 Å². The second-order valence-corrected chi connectivity index (χ2v) is 8.60. The Morgan fingerprint density at radius 3 is 2.35 bits per heavy atom. The Morgan fingerprint density at radius 1 is 1.03 bits per heavy atom. The first-order valence-corrected chi connectivity index (χ1v) is 11.8. The van der Waals surface area contributed by atoms with E-state index in [1.807, 2.05) is 13.0 Å². The average Bonchev–Trinajstić information content (AvgIpc) is 3.48. The van der Waals surface area contributed by atoms with Gasteiger partial charge in [0.15, 0.2) is 11.5 Å². The Morgan fingerprint density at radius 2 is 1.74 bits per heavy atom. The van der Waals surface area contributed by atoms with Gasteiger partial charge in [0.25, 0.3) is 11.7 Å². The summed E-state index contributed by atoms with van der Waals surface area (Å²) in [5.74, 6) is 0.118. The lowest BCUT2D eigenvalue weighted by atomic mass is 9.93. The number of nitrogens with zero attached hydrogens (tertiary/aromatic N) is 1. The van der Waals surface area contributed by atoms with E-state index in [2.05, 4.69) is 0 Å². The van der Waals surface area contributed by atoms with Crippen molar-refractivity contribution < 1.29 is 28.9 Å². The van der Waals surface area contributed by atoms with Gasteiger partial charge in [0.1, 0.15) is 11.5 Å². The third kappa shape index (κ3) is 4.22. The molecule has 0 radical (unpaired) electrons. The third-order valence-corrected chi connectivity index (χ3v) is 6.53. The van der Waals surface area contributed by atoms with Crippen molar-refractivity contribution >= 4 is 17.4 Å². The first kappa shape index (κ1) is 23.7. The smallest absolute Gasteiger partial charge is 0.295 e. The van der Waals surface area contributed by atoms with Crippen molar-refractivity contribution in [1.82, 2.24) is 4.90 Å². The minimum absolute atomic E-state index is 0.0608. The molecule has 1 amide bonds. The normalized spacial score (nSPS) is 20.1. The van der Waals surface area contributed by atoms with E-state index in [0.717, 1.165) is 32.1 Å². The van der Waals surface area contributed by atoms with E-state index < -0.39 is 17.7 Å². The number of Topliss-reactive ketones (excluding diaryl/α,β-unsaturated/α-hetero) is 1. The molecule has 0 aromatic heterocycles. The molecule has 0 spiro atoms. The van der Waals surface area contributed by atoms with Gasteiger partial charge in [-0.3, -0.25) is 9.59 Å². The summed E-state index contributed by atoms with van der Waals surface area (Å²) in [6.45, 7) is 2.61. The van der Waals surface area contributed by atoms with Crippen LogP contribution in [-0.4, -0.2) is 48.6 Å². The molecule has 7 heteroatoms. The van der Waals surface area contributed by atoms with Crippen LogP contribution in [0.4, 0.5) is 0 Å². The molecular formula is C27H31NO6. The first-order chi connectivity index (χ1) is 16.5. The van der Waals surface area contributed by atoms with Crippen LogP contribution in [0.2, 0.25) is 0 Å². The second kappa shape index (κ2) is 10.2. The van der Waals surface area contributed by atoms with Gasteiger partial charge in [0.2, 0.25) is 0 Å². The molecule has 1 atom stereocenters. The molecule has 2 aromatic carbocycles. The topological polar surface area (TPSA) is 85.3 Å². The van der Waals surface area contributed by atoms with E-state index in [-0.39, 0.29) is 17.4 Å². The number of aliphatic hydroxyl groups is 1. The Kier molecular flexibility index (Phi) is 7.10. The molecule has 34 heavy (non-hydrogen) atoms. The Labute approximate surface area is 199 Å². The monoisotopic (exact) mass is 465 g/mol. The lowest BCUT2D eigenvalue weighted by Crippen LogP contribution is -2.37. The molecule has 1 heterocycles. The SMILES string of the molecule is CCCOc1ccc(/C(O)=C2/C(=O)C(=O)N(C3CCCC3)C2c2cccc(OC)c2OC)cc1. The average molecular weight is 466 g/mol. The van der Waals surface area contributed by atoms with Crippen LogP contribution >= 0.6 is 0 Å². The number of methoxy groups -OCH3 is 2. The minimum atomic E-state index is -0.774. The third-order valence-electron chi connectivity index (χ3n) is 6.53. The fraction of sp³-hybridized carbons (Fsp3) is 0.407. The van der Waals surface area contributed by atoms with Gasteiger partial charge in [0.05, 0.1) is 32.4 Å². The molecule has 1 saturated heterocycles. The van der Waals surface area contributed by atoms with E-state index in [1.165, 1.54) is 14.2 Å². The number of hydrogen-bond donors (Lipinski definition) is 1. The lowest BCUT2D eigenvalue weighted by Gasteiger charge is -2.31. The molecule has 1 saturated carbocycles. The Hall–Kier alpha value is -3.48. The van der Waals surface area contributed by atoms with E-state index in [4.69, 9.17) is 14.2 Å². The highest BCUT2D eigenvalue weighted by Crippen LogP contribution is 2.48. The van der Waals surface area contributed by atoms with Crippen molar-refractivity contribution in [2.45, 2.75) is 51.1 Å². The summed E-state index contributed by atoms with van der Waals surface area (Å²) in [4.78, 5) is 28.3.